The lowest BCUT2D eigenvalue weighted by Crippen LogP contribution is -2.33. The molecule has 1 saturated carbocycles. The van der Waals surface area contributed by atoms with Crippen molar-refractivity contribution < 1.29 is 5.21 Å². The quantitative estimate of drug-likeness (QED) is 0.376. The van der Waals surface area contributed by atoms with Gasteiger partial charge in [-0.1, -0.05) is 24.4 Å². The van der Waals surface area contributed by atoms with Crippen LogP contribution in [0.5, 0.6) is 0 Å². The highest BCUT2D eigenvalue weighted by Gasteiger charge is 2.18. The summed E-state index contributed by atoms with van der Waals surface area (Å²) in [7, 11) is 2.17. The maximum atomic E-state index is 8.68. The van der Waals surface area contributed by atoms with Crippen LogP contribution >= 0.6 is 0 Å². The molecule has 104 valence electrons. The van der Waals surface area contributed by atoms with E-state index < -0.39 is 0 Å². The maximum absolute atomic E-state index is 8.68. The van der Waals surface area contributed by atoms with E-state index >= 15 is 0 Å². The summed E-state index contributed by atoms with van der Waals surface area (Å²) in [5, 5.41) is 11.7. The van der Waals surface area contributed by atoms with E-state index in [-0.39, 0.29) is 5.84 Å². The minimum atomic E-state index is 0.0576. The lowest BCUT2D eigenvalue weighted by atomic mass is 9.94. The second-order valence-electron chi connectivity index (χ2n) is 5.24. The number of amidine groups is 1. The monoisotopic (exact) mass is 262 g/mol. The van der Waals surface area contributed by atoms with Crippen molar-refractivity contribution in [2.24, 2.45) is 10.9 Å². The average molecular weight is 262 g/mol. The fraction of sp³-hybridized carbons (Fsp3) is 0.571. The van der Waals surface area contributed by atoms with Crippen molar-refractivity contribution >= 4 is 5.84 Å². The smallest absolute Gasteiger partial charge is 0.188 e. The molecule has 0 spiro atoms. The van der Waals surface area contributed by atoms with Gasteiger partial charge in [0.1, 0.15) is 5.69 Å². The lowest BCUT2D eigenvalue weighted by Gasteiger charge is -2.31. The first-order chi connectivity index (χ1) is 9.20. The second-order valence-corrected chi connectivity index (χ2v) is 5.24. The number of pyridine rings is 1. The average Bonchev–Trinajstić information content (AvgIpc) is 2.47. The van der Waals surface area contributed by atoms with E-state index in [2.05, 4.69) is 22.1 Å². The molecule has 1 aliphatic rings. The van der Waals surface area contributed by atoms with Crippen LogP contribution in [0.1, 0.15) is 43.4 Å². The molecule has 0 aliphatic heterocycles. The highest BCUT2D eigenvalue weighted by Crippen LogP contribution is 2.22. The Labute approximate surface area is 114 Å². The number of rotatable bonds is 4. The molecule has 1 aromatic heterocycles. The molecule has 0 aromatic carbocycles. The van der Waals surface area contributed by atoms with E-state index in [0.29, 0.717) is 11.7 Å². The van der Waals surface area contributed by atoms with Gasteiger partial charge in [-0.2, -0.15) is 0 Å². The molecule has 2 rings (SSSR count). The Morgan fingerprint density at radius 1 is 1.47 bits per heavy atom. The zero-order valence-corrected chi connectivity index (χ0v) is 11.4. The summed E-state index contributed by atoms with van der Waals surface area (Å²) in [6.45, 7) is 0.874. The van der Waals surface area contributed by atoms with Crippen molar-refractivity contribution in [3.05, 3.63) is 29.6 Å². The van der Waals surface area contributed by atoms with Gasteiger partial charge in [0.25, 0.3) is 0 Å². The Morgan fingerprint density at radius 3 is 2.89 bits per heavy atom. The molecule has 1 aromatic rings. The summed E-state index contributed by atoms with van der Waals surface area (Å²) in [6.07, 6.45) is 8.31. The van der Waals surface area contributed by atoms with Crippen LogP contribution in [0.3, 0.4) is 0 Å². The van der Waals surface area contributed by atoms with E-state index in [9.17, 15) is 0 Å². The fourth-order valence-electron chi connectivity index (χ4n) is 2.70. The van der Waals surface area contributed by atoms with Gasteiger partial charge < -0.3 is 10.9 Å². The third-order valence-electron chi connectivity index (χ3n) is 3.82. The van der Waals surface area contributed by atoms with Gasteiger partial charge in [-0.25, -0.2) is 0 Å². The molecule has 0 atom stereocenters. The predicted molar refractivity (Wildman–Crippen MR) is 75.1 cm³/mol. The first-order valence-corrected chi connectivity index (χ1v) is 6.84. The summed E-state index contributed by atoms with van der Waals surface area (Å²) >= 11 is 0. The number of hydrogen-bond donors (Lipinski definition) is 2. The Morgan fingerprint density at radius 2 is 2.21 bits per heavy atom. The summed E-state index contributed by atoms with van der Waals surface area (Å²) in [5.74, 6) is 0.0576. The summed E-state index contributed by atoms with van der Waals surface area (Å²) in [4.78, 5) is 6.49. The zero-order valence-electron chi connectivity index (χ0n) is 11.4. The van der Waals surface area contributed by atoms with Crippen LogP contribution in [0.2, 0.25) is 0 Å². The highest BCUT2D eigenvalue weighted by atomic mass is 16.4. The molecule has 1 fully saturated rings. The van der Waals surface area contributed by atoms with Crippen molar-refractivity contribution in [2.75, 3.05) is 7.05 Å². The van der Waals surface area contributed by atoms with Crippen molar-refractivity contribution in [2.45, 2.75) is 44.7 Å². The molecule has 0 unspecified atom stereocenters. The van der Waals surface area contributed by atoms with Gasteiger partial charge in [-0.3, -0.25) is 9.88 Å². The first-order valence-electron chi connectivity index (χ1n) is 6.84. The topological polar surface area (TPSA) is 74.7 Å². The third kappa shape index (κ3) is 3.67. The molecule has 1 heterocycles. The molecule has 0 saturated heterocycles. The van der Waals surface area contributed by atoms with Gasteiger partial charge in [0.15, 0.2) is 5.84 Å². The fourth-order valence-corrected chi connectivity index (χ4v) is 2.70. The van der Waals surface area contributed by atoms with E-state index in [1.54, 1.807) is 6.20 Å². The van der Waals surface area contributed by atoms with E-state index in [0.717, 1.165) is 12.1 Å². The maximum Gasteiger partial charge on any atom is 0.188 e. The summed E-state index contributed by atoms with van der Waals surface area (Å²) in [6, 6.07) is 4.54. The minimum absolute atomic E-state index is 0.0576. The normalized spacial score (nSPS) is 17.9. The highest BCUT2D eigenvalue weighted by molar-refractivity contribution is 5.95. The third-order valence-corrected chi connectivity index (χ3v) is 3.82. The molecule has 5 nitrogen and oxygen atoms in total. The van der Waals surface area contributed by atoms with Crippen LogP contribution in [-0.2, 0) is 6.54 Å². The summed E-state index contributed by atoms with van der Waals surface area (Å²) < 4.78 is 0. The number of nitrogens with two attached hydrogens (primary N) is 1. The molecule has 19 heavy (non-hydrogen) atoms. The van der Waals surface area contributed by atoms with E-state index in [1.165, 1.54) is 32.1 Å². The Bertz CT molecular complexity index is 441. The molecule has 0 radical (unpaired) electrons. The van der Waals surface area contributed by atoms with Gasteiger partial charge >= 0.3 is 0 Å². The van der Waals surface area contributed by atoms with Crippen molar-refractivity contribution in [1.82, 2.24) is 9.88 Å². The minimum Gasteiger partial charge on any atom is -0.409 e. The van der Waals surface area contributed by atoms with E-state index in [1.807, 2.05) is 12.1 Å². The molecule has 1 aliphatic carbocycles. The van der Waals surface area contributed by atoms with Crippen LogP contribution in [0.15, 0.2) is 23.5 Å². The predicted octanol–water partition coefficient (Wildman–Crippen LogP) is 1.94. The molecule has 5 heteroatoms. The number of aromatic nitrogens is 1. The van der Waals surface area contributed by atoms with Crippen molar-refractivity contribution in [3.63, 3.8) is 0 Å². The Kier molecular flexibility index (Phi) is 4.74. The van der Waals surface area contributed by atoms with Crippen LogP contribution in [-0.4, -0.2) is 34.0 Å². The molecular weight excluding hydrogens is 240 g/mol. The lowest BCUT2D eigenvalue weighted by molar-refractivity contribution is 0.184. The van der Waals surface area contributed by atoms with Gasteiger partial charge in [0, 0.05) is 18.8 Å². The largest absolute Gasteiger partial charge is 0.409 e. The molecule has 3 N–H and O–H groups in total. The van der Waals surface area contributed by atoms with Crippen molar-refractivity contribution in [1.29, 1.82) is 0 Å². The Balaban J connectivity index is 2.02. The second kappa shape index (κ2) is 6.52. The van der Waals surface area contributed by atoms with Crippen LogP contribution in [0.4, 0.5) is 0 Å². The van der Waals surface area contributed by atoms with Crippen LogP contribution in [0, 0.1) is 0 Å². The van der Waals surface area contributed by atoms with E-state index in [4.69, 9.17) is 10.9 Å². The van der Waals surface area contributed by atoms with Gasteiger partial charge in [-0.15, -0.1) is 0 Å². The standard InChI is InChI=1S/C14H22N4O/c1-18(12-5-3-2-4-6-12)10-11-7-8-16-13(9-11)14(15)17-19/h7-9,12,19H,2-6,10H2,1H3,(H2,15,17). The van der Waals surface area contributed by atoms with Crippen LogP contribution < -0.4 is 5.73 Å². The molecule has 0 amide bonds. The summed E-state index contributed by atoms with van der Waals surface area (Å²) in [5.41, 5.74) is 7.23. The number of oxime groups is 1. The van der Waals surface area contributed by atoms with Crippen molar-refractivity contribution in [3.8, 4) is 0 Å². The molecular formula is C14H22N4O. The number of nitrogens with zero attached hydrogens (tertiary/aromatic N) is 3. The zero-order chi connectivity index (χ0) is 13.7. The van der Waals surface area contributed by atoms with Gasteiger partial charge in [0.05, 0.1) is 0 Å². The van der Waals surface area contributed by atoms with Gasteiger partial charge in [-0.05, 0) is 37.6 Å². The van der Waals surface area contributed by atoms with Gasteiger partial charge in [0.2, 0.25) is 0 Å². The number of hydrogen-bond acceptors (Lipinski definition) is 4. The SMILES string of the molecule is CN(Cc1ccnc(C(N)=NO)c1)C1CCCCC1. The molecule has 0 bridgehead atoms. The Hall–Kier alpha value is -1.62. The van der Waals surface area contributed by atoms with Crippen LogP contribution in [0.25, 0.3) is 0 Å². The first kappa shape index (κ1) is 13.8.